The smallest absolute Gasteiger partial charge is 0.188 e. The third-order valence-electron chi connectivity index (χ3n) is 2.43. The van der Waals surface area contributed by atoms with E-state index in [2.05, 4.69) is 4.98 Å². The summed E-state index contributed by atoms with van der Waals surface area (Å²) in [7, 11) is 0. The number of rotatable bonds is 4. The van der Waals surface area contributed by atoms with Crippen LogP contribution in [0.2, 0.25) is 0 Å². The van der Waals surface area contributed by atoms with Gasteiger partial charge in [-0.2, -0.15) is 0 Å². The highest BCUT2D eigenvalue weighted by Gasteiger charge is 2.14. The van der Waals surface area contributed by atoms with Crippen LogP contribution in [0, 0.1) is 5.82 Å². The molecular weight excluding hydrogens is 233 g/mol. The zero-order chi connectivity index (χ0) is 13.0. The van der Waals surface area contributed by atoms with Crippen LogP contribution < -0.4 is 0 Å². The van der Waals surface area contributed by atoms with Gasteiger partial charge in [-0.1, -0.05) is 30.3 Å². The summed E-state index contributed by atoms with van der Waals surface area (Å²) in [6, 6.07) is 11.0. The van der Waals surface area contributed by atoms with Crippen LogP contribution in [0.5, 0.6) is 0 Å². The van der Waals surface area contributed by atoms with Gasteiger partial charge in [0.25, 0.3) is 0 Å². The molecule has 2 rings (SSSR count). The minimum Gasteiger partial charge on any atom is -0.294 e. The van der Waals surface area contributed by atoms with Gasteiger partial charge in [0.1, 0.15) is 11.5 Å². The molecule has 0 fully saturated rings. The standard InChI is InChI=1S/C14H10FNO2/c15-11-6-7-12(16-9-11)14(18)8-13(17)10-4-2-1-3-5-10/h1-7,9H,8H2. The number of pyridine rings is 1. The van der Waals surface area contributed by atoms with Crippen LogP contribution in [0.1, 0.15) is 27.3 Å². The molecule has 18 heavy (non-hydrogen) atoms. The Balaban J connectivity index is 2.08. The van der Waals surface area contributed by atoms with E-state index in [9.17, 15) is 14.0 Å². The molecule has 0 spiro atoms. The third kappa shape index (κ3) is 2.85. The van der Waals surface area contributed by atoms with Crippen molar-refractivity contribution in [3.63, 3.8) is 0 Å². The van der Waals surface area contributed by atoms with Gasteiger partial charge in [-0.25, -0.2) is 4.39 Å². The van der Waals surface area contributed by atoms with Gasteiger partial charge in [-0.05, 0) is 12.1 Å². The van der Waals surface area contributed by atoms with Crippen molar-refractivity contribution in [2.45, 2.75) is 6.42 Å². The van der Waals surface area contributed by atoms with E-state index in [0.717, 1.165) is 12.3 Å². The molecule has 4 heteroatoms. The molecule has 0 bridgehead atoms. The molecule has 0 atom stereocenters. The number of hydrogen-bond donors (Lipinski definition) is 0. The molecule has 0 saturated carbocycles. The molecule has 3 nitrogen and oxygen atoms in total. The molecule has 1 aromatic heterocycles. The summed E-state index contributed by atoms with van der Waals surface area (Å²) in [6.07, 6.45) is 0.697. The highest BCUT2D eigenvalue weighted by atomic mass is 19.1. The first-order valence-electron chi connectivity index (χ1n) is 5.40. The minimum absolute atomic E-state index is 0.0979. The lowest BCUT2D eigenvalue weighted by Gasteiger charge is -2.00. The number of carbonyl (C=O) groups excluding carboxylic acids is 2. The van der Waals surface area contributed by atoms with Crippen LogP contribution in [-0.4, -0.2) is 16.6 Å². The number of carbonyl (C=O) groups is 2. The second-order valence-electron chi connectivity index (χ2n) is 3.75. The Morgan fingerprint density at radius 2 is 1.72 bits per heavy atom. The highest BCUT2D eigenvalue weighted by molar-refractivity contribution is 6.12. The number of hydrogen-bond acceptors (Lipinski definition) is 3. The topological polar surface area (TPSA) is 47.0 Å². The monoisotopic (exact) mass is 243 g/mol. The summed E-state index contributed by atoms with van der Waals surface area (Å²) >= 11 is 0. The molecule has 0 saturated heterocycles. The van der Waals surface area contributed by atoms with Crippen molar-refractivity contribution in [3.8, 4) is 0 Å². The van der Waals surface area contributed by atoms with Crippen LogP contribution in [0.4, 0.5) is 4.39 Å². The molecule has 0 aliphatic carbocycles. The molecule has 1 aromatic carbocycles. The van der Waals surface area contributed by atoms with E-state index in [1.54, 1.807) is 30.3 Å². The predicted molar refractivity (Wildman–Crippen MR) is 63.9 cm³/mol. The summed E-state index contributed by atoms with van der Waals surface area (Å²) in [6.45, 7) is 0. The molecule has 0 aliphatic rings. The SMILES string of the molecule is O=C(CC(=O)c1ccc(F)cn1)c1ccccc1. The molecule has 0 aliphatic heterocycles. The van der Waals surface area contributed by atoms with E-state index in [1.807, 2.05) is 0 Å². The van der Waals surface area contributed by atoms with Crippen molar-refractivity contribution >= 4 is 11.6 Å². The average Bonchev–Trinajstić information content (AvgIpc) is 2.40. The Morgan fingerprint density at radius 1 is 1.00 bits per heavy atom. The van der Waals surface area contributed by atoms with Crippen LogP contribution in [0.25, 0.3) is 0 Å². The summed E-state index contributed by atoms with van der Waals surface area (Å²) < 4.78 is 12.6. The van der Waals surface area contributed by atoms with Crippen molar-refractivity contribution in [2.75, 3.05) is 0 Å². The zero-order valence-corrected chi connectivity index (χ0v) is 9.47. The van der Waals surface area contributed by atoms with E-state index in [1.165, 1.54) is 6.07 Å². The minimum atomic E-state index is -0.513. The van der Waals surface area contributed by atoms with Crippen LogP contribution >= 0.6 is 0 Å². The van der Waals surface area contributed by atoms with Crippen molar-refractivity contribution in [3.05, 3.63) is 65.7 Å². The number of Topliss-reactive ketones (excluding diaryl/α,β-unsaturated/α-hetero) is 2. The summed E-state index contributed by atoms with van der Waals surface area (Å²) in [5.74, 6) is -1.20. The highest BCUT2D eigenvalue weighted by Crippen LogP contribution is 2.07. The summed E-state index contributed by atoms with van der Waals surface area (Å²) in [5.41, 5.74) is 0.577. The van der Waals surface area contributed by atoms with Crippen LogP contribution in [0.3, 0.4) is 0 Å². The maximum atomic E-state index is 12.6. The van der Waals surface area contributed by atoms with E-state index in [-0.39, 0.29) is 17.9 Å². The van der Waals surface area contributed by atoms with E-state index < -0.39 is 11.6 Å². The number of halogens is 1. The molecule has 2 aromatic rings. The lowest BCUT2D eigenvalue weighted by Crippen LogP contribution is -2.10. The van der Waals surface area contributed by atoms with Crippen molar-refractivity contribution in [2.24, 2.45) is 0 Å². The van der Waals surface area contributed by atoms with Gasteiger partial charge in [0.2, 0.25) is 0 Å². The Kier molecular flexibility index (Phi) is 3.57. The molecule has 0 N–H and O–H groups in total. The molecule has 0 amide bonds. The quantitative estimate of drug-likeness (QED) is 0.612. The molecule has 1 heterocycles. The lowest BCUT2D eigenvalue weighted by molar-refractivity contribution is 0.0891. The molecular formula is C14H10FNO2. The Bertz CT molecular complexity index is 564. The predicted octanol–water partition coefficient (Wildman–Crippen LogP) is 2.68. The van der Waals surface area contributed by atoms with Gasteiger partial charge in [0.15, 0.2) is 11.6 Å². The molecule has 0 radical (unpaired) electrons. The number of ketones is 2. The maximum Gasteiger partial charge on any atom is 0.188 e. The molecule has 0 unspecified atom stereocenters. The van der Waals surface area contributed by atoms with Gasteiger partial charge in [-0.15, -0.1) is 0 Å². The van der Waals surface area contributed by atoms with Crippen molar-refractivity contribution in [1.29, 1.82) is 0 Å². The first-order valence-corrected chi connectivity index (χ1v) is 5.40. The Labute approximate surface area is 103 Å². The number of benzene rings is 1. The van der Waals surface area contributed by atoms with Gasteiger partial charge in [0, 0.05) is 5.56 Å². The second kappa shape index (κ2) is 5.31. The fraction of sp³-hybridized carbons (Fsp3) is 0.0714. The Hall–Kier alpha value is -2.36. The normalized spacial score (nSPS) is 10.1. The third-order valence-corrected chi connectivity index (χ3v) is 2.43. The van der Waals surface area contributed by atoms with Gasteiger partial charge in [-0.3, -0.25) is 14.6 Å². The first kappa shape index (κ1) is 12.1. The lowest BCUT2D eigenvalue weighted by atomic mass is 10.0. The van der Waals surface area contributed by atoms with Gasteiger partial charge >= 0.3 is 0 Å². The van der Waals surface area contributed by atoms with Crippen LogP contribution in [-0.2, 0) is 0 Å². The average molecular weight is 243 g/mol. The first-order chi connectivity index (χ1) is 8.66. The second-order valence-corrected chi connectivity index (χ2v) is 3.75. The largest absolute Gasteiger partial charge is 0.294 e. The van der Waals surface area contributed by atoms with E-state index >= 15 is 0 Å². The number of aromatic nitrogens is 1. The van der Waals surface area contributed by atoms with Crippen LogP contribution in [0.15, 0.2) is 48.7 Å². The Morgan fingerprint density at radius 3 is 2.33 bits per heavy atom. The fourth-order valence-electron chi connectivity index (χ4n) is 1.50. The van der Waals surface area contributed by atoms with Crippen molar-refractivity contribution in [1.82, 2.24) is 4.98 Å². The summed E-state index contributed by atoms with van der Waals surface area (Å²) in [5, 5.41) is 0. The van der Waals surface area contributed by atoms with Gasteiger partial charge in [0.05, 0.1) is 12.6 Å². The van der Waals surface area contributed by atoms with E-state index in [4.69, 9.17) is 0 Å². The maximum absolute atomic E-state index is 12.6. The summed E-state index contributed by atoms with van der Waals surface area (Å²) in [4.78, 5) is 27.2. The zero-order valence-electron chi connectivity index (χ0n) is 9.47. The number of nitrogens with zero attached hydrogens (tertiary/aromatic N) is 1. The fourth-order valence-corrected chi connectivity index (χ4v) is 1.50. The van der Waals surface area contributed by atoms with Crippen molar-refractivity contribution < 1.29 is 14.0 Å². The van der Waals surface area contributed by atoms with Gasteiger partial charge < -0.3 is 0 Å². The van der Waals surface area contributed by atoms with E-state index in [0.29, 0.717) is 5.56 Å². The molecule has 90 valence electrons.